The van der Waals surface area contributed by atoms with Crippen molar-refractivity contribution in [2.75, 3.05) is 11.5 Å². The molecule has 190 valence electrons. The van der Waals surface area contributed by atoms with Crippen LogP contribution in [0.5, 0.6) is 0 Å². The minimum atomic E-state index is -4.28. The van der Waals surface area contributed by atoms with Crippen LogP contribution < -0.4 is 5.32 Å². The molecule has 2 aromatic rings. The van der Waals surface area contributed by atoms with Gasteiger partial charge in [-0.3, -0.25) is 9.48 Å². The third-order valence-electron chi connectivity index (χ3n) is 7.64. The van der Waals surface area contributed by atoms with Crippen LogP contribution in [-0.2, 0) is 32.9 Å². The zero-order valence-electron chi connectivity index (χ0n) is 20.1. The summed E-state index contributed by atoms with van der Waals surface area (Å²) in [5.41, 5.74) is 1.07. The highest BCUT2D eigenvalue weighted by atomic mass is 32.2. The molecule has 1 saturated carbocycles. The molecule has 0 unspecified atom stereocenters. The Morgan fingerprint density at radius 1 is 1.23 bits per heavy atom. The van der Waals surface area contributed by atoms with Crippen molar-refractivity contribution in [3.63, 3.8) is 0 Å². The number of fused-ring (bicyclic) bond motifs is 1. The number of alkyl halides is 3. The molecule has 0 radical (unpaired) electrons. The molecule has 1 aromatic carbocycles. The summed E-state index contributed by atoms with van der Waals surface area (Å²) in [6, 6.07) is 6.67. The van der Waals surface area contributed by atoms with Gasteiger partial charge < -0.3 is 5.32 Å². The molecule has 5 rings (SSSR count). The molecule has 1 aromatic heterocycles. The van der Waals surface area contributed by atoms with Crippen LogP contribution in [0.4, 0.5) is 13.2 Å². The number of nitrogens with zero attached hydrogens (tertiary/aromatic N) is 2. The molecule has 0 bridgehead atoms. The topological polar surface area (TPSA) is 81.1 Å². The molecular formula is C25H30F3N3O3S. The maximum Gasteiger partial charge on any atom is 0.398 e. The van der Waals surface area contributed by atoms with E-state index in [0.717, 1.165) is 11.3 Å². The second-order valence-electron chi connectivity index (χ2n) is 11.0. The third-order valence-corrected chi connectivity index (χ3v) is 9.80. The summed E-state index contributed by atoms with van der Waals surface area (Å²) in [6.45, 7) is 5.72. The predicted molar refractivity (Wildman–Crippen MR) is 126 cm³/mol. The quantitative estimate of drug-likeness (QED) is 0.657. The number of hydrogen-bond acceptors (Lipinski definition) is 4. The Labute approximate surface area is 203 Å². The lowest BCUT2D eigenvalue weighted by Gasteiger charge is -2.39. The fourth-order valence-electron chi connectivity index (χ4n) is 5.74. The number of nitrogens with one attached hydrogen (secondary N) is 1. The minimum absolute atomic E-state index is 0.0155. The van der Waals surface area contributed by atoms with E-state index in [1.165, 1.54) is 0 Å². The van der Waals surface area contributed by atoms with E-state index in [9.17, 15) is 26.4 Å². The van der Waals surface area contributed by atoms with Crippen LogP contribution in [0.15, 0.2) is 24.3 Å². The first-order valence-electron chi connectivity index (χ1n) is 12.0. The Hall–Kier alpha value is -2.36. The van der Waals surface area contributed by atoms with Crippen molar-refractivity contribution < 1.29 is 26.4 Å². The maximum atomic E-state index is 13.7. The largest absolute Gasteiger partial charge is 0.398 e. The maximum absolute atomic E-state index is 13.7. The van der Waals surface area contributed by atoms with E-state index >= 15 is 0 Å². The number of hydrogen-bond donors (Lipinski definition) is 1. The van der Waals surface area contributed by atoms with E-state index in [2.05, 4.69) is 5.32 Å². The van der Waals surface area contributed by atoms with Gasteiger partial charge in [0.15, 0.2) is 9.84 Å². The summed E-state index contributed by atoms with van der Waals surface area (Å²) in [5, 5.41) is 7.73. The molecule has 2 fully saturated rings. The summed E-state index contributed by atoms with van der Waals surface area (Å²) in [5.74, 6) is -0.564. The summed E-state index contributed by atoms with van der Waals surface area (Å²) < 4.78 is 66.2. The zero-order chi connectivity index (χ0) is 25.4. The first-order chi connectivity index (χ1) is 16.2. The molecule has 1 N–H and O–H groups in total. The molecule has 1 saturated heterocycles. The molecular weight excluding hydrogens is 479 g/mol. The lowest BCUT2D eigenvalue weighted by Crippen LogP contribution is -2.64. The van der Waals surface area contributed by atoms with E-state index in [-0.39, 0.29) is 47.8 Å². The van der Waals surface area contributed by atoms with Gasteiger partial charge in [-0.15, -0.1) is 0 Å². The molecule has 1 amide bonds. The van der Waals surface area contributed by atoms with Crippen LogP contribution in [0.3, 0.4) is 0 Å². The van der Waals surface area contributed by atoms with E-state index in [1.807, 2.05) is 18.5 Å². The van der Waals surface area contributed by atoms with Crippen LogP contribution in [0.1, 0.15) is 62.9 Å². The summed E-state index contributed by atoms with van der Waals surface area (Å²) in [6.07, 6.45) is -2.45. The van der Waals surface area contributed by atoms with Gasteiger partial charge in [0.2, 0.25) is 5.91 Å². The Balaban J connectivity index is 1.43. The second kappa shape index (κ2) is 7.82. The van der Waals surface area contributed by atoms with Crippen molar-refractivity contribution >= 4 is 15.7 Å². The van der Waals surface area contributed by atoms with Crippen LogP contribution >= 0.6 is 0 Å². The lowest BCUT2D eigenvalue weighted by atomic mass is 9.84. The van der Waals surface area contributed by atoms with Crippen molar-refractivity contribution in [1.29, 1.82) is 0 Å². The van der Waals surface area contributed by atoms with Crippen molar-refractivity contribution in [1.82, 2.24) is 15.1 Å². The van der Waals surface area contributed by atoms with Gasteiger partial charge in [-0.2, -0.15) is 18.3 Å². The molecule has 0 spiro atoms. The Bertz CT molecular complexity index is 1280. The standard InChI is InChI=1S/C25H30F3N3O3S/c1-15(2)31-20-12-17(22(32)29-23(3)13-35(33,34)14-23)7-8-19(20)21(30-31)16-5-4-6-18(11-16)24(9-10-24)25(26,27)28/h4-6,11,15,17H,7-10,12-14H2,1-3H3,(H,29,32)/t17-/m1/s1. The molecule has 35 heavy (non-hydrogen) atoms. The minimum Gasteiger partial charge on any atom is -0.349 e. The molecule has 3 aliphatic rings. The van der Waals surface area contributed by atoms with E-state index in [0.29, 0.717) is 30.5 Å². The predicted octanol–water partition coefficient (Wildman–Crippen LogP) is 4.13. The summed E-state index contributed by atoms with van der Waals surface area (Å²) in [4.78, 5) is 13.0. The van der Waals surface area contributed by atoms with Crippen molar-refractivity contribution in [2.24, 2.45) is 5.92 Å². The van der Waals surface area contributed by atoms with Gasteiger partial charge in [-0.1, -0.05) is 18.2 Å². The highest BCUT2D eigenvalue weighted by Gasteiger charge is 2.64. The van der Waals surface area contributed by atoms with Crippen molar-refractivity contribution in [3.05, 3.63) is 41.1 Å². The van der Waals surface area contributed by atoms with Crippen LogP contribution in [0.25, 0.3) is 11.3 Å². The normalized spacial score (nSPS) is 23.9. The number of carbonyl (C=O) groups is 1. The van der Waals surface area contributed by atoms with Crippen LogP contribution in [-0.4, -0.2) is 47.3 Å². The number of sulfone groups is 1. The van der Waals surface area contributed by atoms with E-state index in [4.69, 9.17) is 5.10 Å². The molecule has 2 aliphatic carbocycles. The van der Waals surface area contributed by atoms with Gasteiger partial charge in [-0.25, -0.2) is 8.42 Å². The number of benzene rings is 1. The lowest BCUT2D eigenvalue weighted by molar-refractivity contribution is -0.160. The first kappa shape index (κ1) is 24.3. The zero-order valence-corrected chi connectivity index (χ0v) is 20.9. The van der Waals surface area contributed by atoms with Gasteiger partial charge in [0.25, 0.3) is 0 Å². The Morgan fingerprint density at radius 2 is 1.91 bits per heavy atom. The number of amides is 1. The number of halogens is 3. The highest BCUT2D eigenvalue weighted by Crippen LogP contribution is 2.59. The molecule has 10 heteroatoms. The average molecular weight is 510 g/mol. The van der Waals surface area contributed by atoms with Crippen LogP contribution in [0.2, 0.25) is 0 Å². The third kappa shape index (κ3) is 4.17. The first-order valence-corrected chi connectivity index (χ1v) is 13.9. The molecule has 6 nitrogen and oxygen atoms in total. The SMILES string of the molecule is CC(C)n1nc(-c2cccc(C3(C(F)(F)F)CC3)c2)c2c1C[C@H](C(=O)NC1(C)CS(=O)(=O)C1)CC2. The van der Waals surface area contributed by atoms with Gasteiger partial charge in [0, 0.05) is 35.2 Å². The van der Waals surface area contributed by atoms with Crippen LogP contribution in [0, 0.1) is 5.92 Å². The number of rotatable bonds is 5. The van der Waals surface area contributed by atoms with E-state index < -0.39 is 27.0 Å². The fraction of sp³-hybridized carbons (Fsp3) is 0.600. The second-order valence-corrected chi connectivity index (χ2v) is 13.1. The number of aromatic nitrogens is 2. The molecule has 1 atom stereocenters. The smallest absolute Gasteiger partial charge is 0.349 e. The average Bonchev–Trinajstić information content (AvgIpc) is 3.47. The highest BCUT2D eigenvalue weighted by molar-refractivity contribution is 7.93. The fourth-order valence-corrected chi connectivity index (χ4v) is 7.75. The van der Waals surface area contributed by atoms with Gasteiger partial charge in [0.1, 0.15) is 0 Å². The molecule has 1 aliphatic heterocycles. The van der Waals surface area contributed by atoms with Crippen molar-refractivity contribution in [3.8, 4) is 11.3 Å². The summed E-state index contributed by atoms with van der Waals surface area (Å²) in [7, 11) is -3.08. The van der Waals surface area contributed by atoms with Gasteiger partial charge >= 0.3 is 6.18 Å². The Morgan fingerprint density at radius 3 is 2.49 bits per heavy atom. The van der Waals surface area contributed by atoms with Gasteiger partial charge in [0.05, 0.1) is 28.2 Å². The van der Waals surface area contributed by atoms with E-state index in [1.54, 1.807) is 31.2 Å². The monoisotopic (exact) mass is 509 g/mol. The molecule has 2 heterocycles. The summed E-state index contributed by atoms with van der Waals surface area (Å²) >= 11 is 0. The number of carbonyl (C=O) groups excluding carboxylic acids is 1. The van der Waals surface area contributed by atoms with Gasteiger partial charge in [-0.05, 0) is 58.1 Å². The van der Waals surface area contributed by atoms with Crippen molar-refractivity contribution in [2.45, 2.75) is 76.0 Å². The Kier molecular flexibility index (Phi) is 5.44.